The minimum Gasteiger partial charge on any atom is -0.325 e. The molecule has 1 aromatic heterocycles. The van der Waals surface area contributed by atoms with Gasteiger partial charge in [-0.3, -0.25) is 24.3 Å². The second kappa shape index (κ2) is 5.30. The van der Waals surface area contributed by atoms with Crippen LogP contribution in [0.5, 0.6) is 0 Å². The van der Waals surface area contributed by atoms with Gasteiger partial charge in [-0.2, -0.15) is 0 Å². The Balaban J connectivity index is 1.38. The molecule has 1 saturated heterocycles. The van der Waals surface area contributed by atoms with E-state index in [4.69, 9.17) is 0 Å². The van der Waals surface area contributed by atoms with Gasteiger partial charge in [0.2, 0.25) is 17.7 Å². The van der Waals surface area contributed by atoms with Gasteiger partial charge in [0.1, 0.15) is 0 Å². The molecular formula is C17H17N3O3. The number of carbonyl (C=O) groups is 3. The van der Waals surface area contributed by atoms with Crippen molar-refractivity contribution in [3.63, 3.8) is 0 Å². The molecule has 2 aliphatic carbocycles. The molecular weight excluding hydrogens is 294 g/mol. The van der Waals surface area contributed by atoms with E-state index in [2.05, 4.69) is 22.5 Å². The molecule has 2 heterocycles. The number of anilines is 1. The van der Waals surface area contributed by atoms with Crippen molar-refractivity contribution in [2.24, 2.45) is 23.7 Å². The van der Waals surface area contributed by atoms with Crippen LogP contribution < -0.4 is 5.32 Å². The third-order valence-corrected chi connectivity index (χ3v) is 5.07. The molecule has 2 fully saturated rings. The quantitative estimate of drug-likeness (QED) is 0.670. The van der Waals surface area contributed by atoms with Crippen molar-refractivity contribution in [1.82, 2.24) is 9.88 Å². The van der Waals surface area contributed by atoms with Gasteiger partial charge >= 0.3 is 0 Å². The summed E-state index contributed by atoms with van der Waals surface area (Å²) >= 11 is 0. The van der Waals surface area contributed by atoms with Crippen LogP contribution in [0.3, 0.4) is 0 Å². The van der Waals surface area contributed by atoms with Gasteiger partial charge in [-0.1, -0.05) is 12.2 Å². The minimum absolute atomic E-state index is 0.106. The minimum atomic E-state index is -0.225. The Kier molecular flexibility index (Phi) is 3.25. The molecule has 23 heavy (non-hydrogen) atoms. The Morgan fingerprint density at radius 2 is 1.91 bits per heavy atom. The first-order chi connectivity index (χ1) is 11.1. The topological polar surface area (TPSA) is 79.4 Å². The predicted molar refractivity (Wildman–Crippen MR) is 81.9 cm³/mol. The second-order valence-corrected chi connectivity index (χ2v) is 6.37. The summed E-state index contributed by atoms with van der Waals surface area (Å²) in [5, 5.41) is 2.71. The molecule has 6 heteroatoms. The molecule has 6 nitrogen and oxygen atoms in total. The lowest BCUT2D eigenvalue weighted by molar-refractivity contribution is -0.140. The van der Waals surface area contributed by atoms with Gasteiger partial charge in [-0.25, -0.2) is 0 Å². The average Bonchev–Trinajstić information content (AvgIpc) is 3.22. The zero-order valence-electron chi connectivity index (χ0n) is 12.5. The van der Waals surface area contributed by atoms with Crippen LogP contribution in [0, 0.1) is 23.7 Å². The van der Waals surface area contributed by atoms with E-state index in [0.717, 1.165) is 6.42 Å². The van der Waals surface area contributed by atoms with E-state index >= 15 is 0 Å². The number of nitrogens with one attached hydrogen (secondary N) is 1. The van der Waals surface area contributed by atoms with E-state index in [1.165, 1.54) is 4.90 Å². The highest BCUT2D eigenvalue weighted by atomic mass is 16.2. The number of carbonyl (C=O) groups excluding carboxylic acids is 3. The third-order valence-electron chi connectivity index (χ3n) is 5.07. The van der Waals surface area contributed by atoms with Gasteiger partial charge in [0.15, 0.2) is 0 Å². The second-order valence-electron chi connectivity index (χ2n) is 6.37. The molecule has 4 unspecified atom stereocenters. The number of hydrogen-bond donors (Lipinski definition) is 1. The van der Waals surface area contributed by atoms with E-state index in [-0.39, 0.29) is 54.4 Å². The van der Waals surface area contributed by atoms with Crippen molar-refractivity contribution < 1.29 is 14.4 Å². The number of allylic oxidation sites excluding steroid dienone is 2. The molecule has 2 bridgehead atoms. The Morgan fingerprint density at radius 1 is 1.22 bits per heavy atom. The number of nitrogens with zero attached hydrogens (tertiary/aromatic N) is 2. The van der Waals surface area contributed by atoms with Crippen LogP contribution in [0.1, 0.15) is 12.8 Å². The van der Waals surface area contributed by atoms with Crippen LogP contribution in [0.4, 0.5) is 5.69 Å². The van der Waals surface area contributed by atoms with Crippen LogP contribution >= 0.6 is 0 Å². The van der Waals surface area contributed by atoms with Crippen molar-refractivity contribution in [2.75, 3.05) is 11.9 Å². The van der Waals surface area contributed by atoms with Crippen LogP contribution in [-0.2, 0) is 14.4 Å². The van der Waals surface area contributed by atoms with Crippen molar-refractivity contribution in [2.45, 2.75) is 12.8 Å². The molecule has 3 aliphatic rings. The first-order valence-corrected chi connectivity index (χ1v) is 7.88. The van der Waals surface area contributed by atoms with E-state index < -0.39 is 0 Å². The smallest absolute Gasteiger partial charge is 0.233 e. The van der Waals surface area contributed by atoms with Crippen LogP contribution in [0.25, 0.3) is 0 Å². The first-order valence-electron chi connectivity index (χ1n) is 7.88. The molecule has 1 N–H and O–H groups in total. The summed E-state index contributed by atoms with van der Waals surface area (Å²) in [6, 6.07) is 3.47. The molecule has 0 radical (unpaired) electrons. The normalized spacial score (nSPS) is 30.9. The van der Waals surface area contributed by atoms with Crippen molar-refractivity contribution in [3.8, 4) is 0 Å². The first kappa shape index (κ1) is 14.1. The lowest BCUT2D eigenvalue weighted by Crippen LogP contribution is -2.35. The molecule has 1 saturated carbocycles. The molecule has 0 aromatic carbocycles. The summed E-state index contributed by atoms with van der Waals surface area (Å²) in [6.07, 6.45) is 8.33. The lowest BCUT2D eigenvalue weighted by Gasteiger charge is -2.16. The Bertz CT molecular complexity index is 670. The number of rotatable bonds is 4. The summed E-state index contributed by atoms with van der Waals surface area (Å²) in [5.41, 5.74) is 0.607. The SMILES string of the molecule is O=C(CCN1C(=O)C2C3C=CC(C3)C2C1=O)Nc1cccnc1. The van der Waals surface area contributed by atoms with Crippen molar-refractivity contribution in [3.05, 3.63) is 36.7 Å². The summed E-state index contributed by atoms with van der Waals surface area (Å²) in [4.78, 5) is 42.1. The number of pyridine rings is 1. The Labute approximate surface area is 133 Å². The van der Waals surface area contributed by atoms with Gasteiger partial charge < -0.3 is 5.32 Å². The number of aromatic nitrogens is 1. The molecule has 118 valence electrons. The average molecular weight is 311 g/mol. The largest absolute Gasteiger partial charge is 0.325 e. The van der Waals surface area contributed by atoms with E-state index in [1.807, 2.05) is 0 Å². The molecule has 1 aliphatic heterocycles. The number of hydrogen-bond acceptors (Lipinski definition) is 4. The maximum Gasteiger partial charge on any atom is 0.233 e. The van der Waals surface area contributed by atoms with Gasteiger partial charge in [-0.15, -0.1) is 0 Å². The molecule has 3 amide bonds. The predicted octanol–water partition coefficient (Wildman–Crippen LogP) is 1.22. The highest BCUT2D eigenvalue weighted by Gasteiger charge is 2.58. The number of imide groups is 1. The fourth-order valence-corrected chi connectivity index (χ4v) is 4.06. The number of amides is 3. The zero-order valence-corrected chi connectivity index (χ0v) is 12.5. The summed E-state index contributed by atoms with van der Waals surface area (Å²) < 4.78 is 0. The van der Waals surface area contributed by atoms with Gasteiger partial charge in [0.05, 0.1) is 23.7 Å². The van der Waals surface area contributed by atoms with E-state index in [9.17, 15) is 14.4 Å². The van der Waals surface area contributed by atoms with Gasteiger partial charge in [-0.05, 0) is 30.4 Å². The van der Waals surface area contributed by atoms with Crippen LogP contribution in [0.2, 0.25) is 0 Å². The van der Waals surface area contributed by atoms with Crippen LogP contribution in [0.15, 0.2) is 36.7 Å². The fraction of sp³-hybridized carbons (Fsp3) is 0.412. The van der Waals surface area contributed by atoms with E-state index in [0.29, 0.717) is 5.69 Å². The van der Waals surface area contributed by atoms with Gasteiger partial charge in [0, 0.05) is 19.2 Å². The maximum absolute atomic E-state index is 12.5. The van der Waals surface area contributed by atoms with Crippen LogP contribution in [-0.4, -0.2) is 34.2 Å². The standard InChI is InChI=1S/C17H17N3O3/c21-13(19-12-2-1-6-18-9-12)5-7-20-16(22)14-10-3-4-11(8-10)15(14)17(20)23/h1-4,6,9-11,14-15H,5,7-8H2,(H,19,21). The van der Waals surface area contributed by atoms with Crippen molar-refractivity contribution >= 4 is 23.4 Å². The highest BCUT2D eigenvalue weighted by Crippen LogP contribution is 2.52. The fourth-order valence-electron chi connectivity index (χ4n) is 4.06. The van der Waals surface area contributed by atoms with Gasteiger partial charge in [0.25, 0.3) is 0 Å². The van der Waals surface area contributed by atoms with E-state index in [1.54, 1.807) is 24.5 Å². The summed E-state index contributed by atoms with van der Waals surface area (Å²) in [6.45, 7) is 0.149. The number of fused-ring (bicyclic) bond motifs is 5. The molecule has 0 spiro atoms. The molecule has 4 atom stereocenters. The Hall–Kier alpha value is -2.50. The monoisotopic (exact) mass is 311 g/mol. The summed E-state index contributed by atoms with van der Waals surface area (Å²) in [7, 11) is 0. The highest BCUT2D eigenvalue weighted by molar-refractivity contribution is 6.06. The molecule has 1 aromatic rings. The zero-order chi connectivity index (χ0) is 16.0. The Morgan fingerprint density at radius 3 is 2.52 bits per heavy atom. The molecule has 4 rings (SSSR count). The lowest BCUT2D eigenvalue weighted by atomic mass is 9.85. The number of likely N-dealkylation sites (tertiary alicyclic amines) is 1. The van der Waals surface area contributed by atoms with Crippen molar-refractivity contribution in [1.29, 1.82) is 0 Å². The summed E-state index contributed by atoms with van der Waals surface area (Å²) in [5.74, 6) is -0.419. The third kappa shape index (κ3) is 2.25. The maximum atomic E-state index is 12.5.